The topological polar surface area (TPSA) is 13.1 Å². The van der Waals surface area contributed by atoms with Gasteiger partial charge in [-0.05, 0) is 84.3 Å². The average molecular weight is 573 g/mol. The first-order valence-electron chi connectivity index (χ1n) is 15.4. The Balaban J connectivity index is 1.25. The number of furan rings is 1. The van der Waals surface area contributed by atoms with Crippen LogP contribution in [-0.4, -0.2) is 0 Å². The van der Waals surface area contributed by atoms with Gasteiger partial charge in [-0.2, -0.15) is 0 Å². The molecule has 0 N–H and O–H groups in total. The molecule has 0 aliphatic carbocycles. The average Bonchev–Trinajstić information content (AvgIpc) is 3.50. The molecule has 9 rings (SSSR count). The van der Waals surface area contributed by atoms with Crippen molar-refractivity contribution < 1.29 is 4.42 Å². The quantitative estimate of drug-likeness (QED) is 0.191. The molecule has 0 unspecified atom stereocenters. The smallest absolute Gasteiger partial charge is 0.136 e. The van der Waals surface area contributed by atoms with Crippen LogP contribution in [-0.2, 0) is 0 Å². The maximum Gasteiger partial charge on any atom is 0.136 e. The van der Waals surface area contributed by atoms with Crippen LogP contribution in [0.1, 0.15) is 0 Å². The van der Waals surface area contributed by atoms with Crippen molar-refractivity contribution in [2.75, 3.05) is 0 Å². The van der Waals surface area contributed by atoms with Crippen LogP contribution in [0.25, 0.3) is 88.0 Å². The summed E-state index contributed by atoms with van der Waals surface area (Å²) in [6.45, 7) is 0. The molecule has 1 nitrogen and oxygen atoms in total. The van der Waals surface area contributed by atoms with Gasteiger partial charge < -0.3 is 4.42 Å². The number of rotatable bonds is 4. The molecule has 45 heavy (non-hydrogen) atoms. The molecule has 0 aliphatic rings. The lowest BCUT2D eigenvalue weighted by atomic mass is 9.84. The number of fused-ring (bicyclic) bond motifs is 5. The molecule has 0 fully saturated rings. The highest BCUT2D eigenvalue weighted by Crippen LogP contribution is 2.47. The van der Waals surface area contributed by atoms with Gasteiger partial charge in [0.1, 0.15) is 11.2 Å². The van der Waals surface area contributed by atoms with Gasteiger partial charge in [-0.25, -0.2) is 0 Å². The fourth-order valence-corrected chi connectivity index (χ4v) is 7.05. The van der Waals surface area contributed by atoms with Crippen molar-refractivity contribution in [1.82, 2.24) is 0 Å². The van der Waals surface area contributed by atoms with Gasteiger partial charge in [0.25, 0.3) is 0 Å². The number of benzene rings is 8. The first kappa shape index (κ1) is 25.6. The van der Waals surface area contributed by atoms with Gasteiger partial charge in [0, 0.05) is 10.8 Å². The minimum atomic E-state index is 0.915. The summed E-state index contributed by atoms with van der Waals surface area (Å²) >= 11 is 0. The Morgan fingerprint density at radius 3 is 1.42 bits per heavy atom. The molecule has 0 aliphatic heterocycles. The zero-order valence-electron chi connectivity index (χ0n) is 24.6. The third-order valence-electron chi connectivity index (χ3n) is 9.08. The lowest BCUT2D eigenvalue weighted by Gasteiger charge is -2.18. The van der Waals surface area contributed by atoms with E-state index in [1.807, 2.05) is 6.07 Å². The highest BCUT2D eigenvalue weighted by Gasteiger charge is 2.20. The van der Waals surface area contributed by atoms with Crippen LogP contribution in [0.15, 0.2) is 174 Å². The highest BCUT2D eigenvalue weighted by atomic mass is 16.3. The first-order valence-corrected chi connectivity index (χ1v) is 15.4. The van der Waals surface area contributed by atoms with E-state index < -0.39 is 0 Å². The van der Waals surface area contributed by atoms with Crippen LogP contribution in [0, 0.1) is 0 Å². The Kier molecular flexibility index (Phi) is 5.89. The predicted molar refractivity (Wildman–Crippen MR) is 190 cm³/mol. The summed E-state index contributed by atoms with van der Waals surface area (Å²) in [6, 6.07) is 60.9. The van der Waals surface area contributed by atoms with Crippen molar-refractivity contribution in [3.63, 3.8) is 0 Å². The van der Waals surface area contributed by atoms with Crippen molar-refractivity contribution in [3.05, 3.63) is 170 Å². The minimum Gasteiger partial charge on any atom is -0.456 e. The molecule has 8 aromatic carbocycles. The van der Waals surface area contributed by atoms with E-state index in [0.29, 0.717) is 0 Å². The predicted octanol–water partition coefficient (Wildman–Crippen LogP) is 12.6. The van der Waals surface area contributed by atoms with Gasteiger partial charge in [0.05, 0.1) is 0 Å². The summed E-state index contributed by atoms with van der Waals surface area (Å²) < 4.78 is 6.31. The molecule has 0 atom stereocenters. The summed E-state index contributed by atoms with van der Waals surface area (Å²) in [5, 5.41) is 7.28. The van der Waals surface area contributed by atoms with E-state index in [4.69, 9.17) is 4.42 Å². The summed E-state index contributed by atoms with van der Waals surface area (Å²) in [5.41, 5.74) is 11.6. The van der Waals surface area contributed by atoms with Crippen molar-refractivity contribution >= 4 is 43.5 Å². The van der Waals surface area contributed by atoms with Gasteiger partial charge >= 0.3 is 0 Å². The van der Waals surface area contributed by atoms with E-state index in [2.05, 4.69) is 164 Å². The second-order valence-electron chi connectivity index (χ2n) is 11.6. The molecule has 0 saturated heterocycles. The van der Waals surface area contributed by atoms with E-state index in [0.717, 1.165) is 16.6 Å². The summed E-state index contributed by atoms with van der Waals surface area (Å²) in [5.74, 6) is 0. The number of para-hydroxylation sites is 1. The SMILES string of the molecule is c1ccc(-c2cccc(-c3ccc(-c4c5ccccc5c(-c5cccc6oc7ccccc7c56)c5ccccc45)cc3)c2)cc1. The standard InChI is InChI=1S/C44H28O/c1-2-12-29(13-3-1)32-14-10-15-33(28-32)30-24-26-31(27-25-30)42-34-16-4-6-18-36(34)43(37-19-7-5-17-35(37)42)39-21-11-23-41-44(39)38-20-8-9-22-40(38)45-41/h1-28H. The van der Waals surface area contributed by atoms with E-state index in [1.54, 1.807) is 0 Å². The molecule has 1 aromatic heterocycles. The largest absolute Gasteiger partial charge is 0.456 e. The summed E-state index contributed by atoms with van der Waals surface area (Å²) in [4.78, 5) is 0. The molecule has 0 radical (unpaired) electrons. The van der Waals surface area contributed by atoms with Crippen molar-refractivity contribution in [2.24, 2.45) is 0 Å². The second kappa shape index (κ2) is 10.4. The van der Waals surface area contributed by atoms with Crippen molar-refractivity contribution in [3.8, 4) is 44.5 Å². The van der Waals surface area contributed by atoms with E-state index in [1.165, 1.54) is 71.4 Å². The van der Waals surface area contributed by atoms with Crippen LogP contribution in [0.3, 0.4) is 0 Å². The Labute approximate surface area is 261 Å². The normalized spacial score (nSPS) is 11.6. The Morgan fingerprint density at radius 2 is 0.756 bits per heavy atom. The summed E-state index contributed by atoms with van der Waals surface area (Å²) in [7, 11) is 0. The summed E-state index contributed by atoms with van der Waals surface area (Å²) in [6.07, 6.45) is 0. The van der Waals surface area contributed by atoms with Gasteiger partial charge in [-0.15, -0.1) is 0 Å². The Hall–Kier alpha value is -5.92. The lowest BCUT2D eigenvalue weighted by molar-refractivity contribution is 0.669. The molecule has 1 heteroatoms. The monoisotopic (exact) mass is 572 g/mol. The van der Waals surface area contributed by atoms with Gasteiger partial charge in [0.15, 0.2) is 0 Å². The maximum atomic E-state index is 6.31. The molecule has 0 bridgehead atoms. The zero-order valence-corrected chi connectivity index (χ0v) is 24.6. The van der Waals surface area contributed by atoms with Crippen LogP contribution in [0.5, 0.6) is 0 Å². The molecule has 0 saturated carbocycles. The van der Waals surface area contributed by atoms with Crippen LogP contribution >= 0.6 is 0 Å². The number of hydrogen-bond donors (Lipinski definition) is 0. The van der Waals surface area contributed by atoms with Crippen LogP contribution < -0.4 is 0 Å². The third kappa shape index (κ3) is 4.17. The first-order chi connectivity index (χ1) is 22.3. The lowest BCUT2D eigenvalue weighted by Crippen LogP contribution is -1.91. The molecule has 0 spiro atoms. The molecule has 9 aromatic rings. The van der Waals surface area contributed by atoms with Gasteiger partial charge in [0.2, 0.25) is 0 Å². The van der Waals surface area contributed by atoms with Crippen molar-refractivity contribution in [1.29, 1.82) is 0 Å². The molecule has 210 valence electrons. The van der Waals surface area contributed by atoms with Gasteiger partial charge in [-0.3, -0.25) is 0 Å². The van der Waals surface area contributed by atoms with E-state index >= 15 is 0 Å². The van der Waals surface area contributed by atoms with Crippen LogP contribution in [0.4, 0.5) is 0 Å². The van der Waals surface area contributed by atoms with Crippen molar-refractivity contribution in [2.45, 2.75) is 0 Å². The molecule has 0 amide bonds. The Morgan fingerprint density at radius 1 is 0.289 bits per heavy atom. The van der Waals surface area contributed by atoms with E-state index in [9.17, 15) is 0 Å². The second-order valence-corrected chi connectivity index (χ2v) is 11.6. The fraction of sp³-hybridized carbons (Fsp3) is 0. The number of hydrogen-bond acceptors (Lipinski definition) is 1. The maximum absolute atomic E-state index is 6.31. The third-order valence-corrected chi connectivity index (χ3v) is 9.08. The van der Waals surface area contributed by atoms with Gasteiger partial charge in [-0.1, -0.05) is 152 Å². The molecular weight excluding hydrogens is 544 g/mol. The molecule has 1 heterocycles. The molecular formula is C44H28O. The Bertz CT molecular complexity index is 2460. The zero-order chi connectivity index (χ0) is 29.7. The fourth-order valence-electron chi connectivity index (χ4n) is 7.05. The highest BCUT2D eigenvalue weighted by molar-refractivity contribution is 6.25. The van der Waals surface area contributed by atoms with E-state index in [-0.39, 0.29) is 0 Å². The van der Waals surface area contributed by atoms with Crippen LogP contribution in [0.2, 0.25) is 0 Å². The minimum absolute atomic E-state index is 0.915.